The third-order valence-electron chi connectivity index (χ3n) is 3.97. The predicted octanol–water partition coefficient (Wildman–Crippen LogP) is 2.12. The number of amides is 1. The third kappa shape index (κ3) is 3.27. The van der Waals surface area contributed by atoms with E-state index in [0.29, 0.717) is 24.3 Å². The number of nitrogens with one attached hydrogen (secondary N) is 1. The van der Waals surface area contributed by atoms with E-state index in [0.717, 1.165) is 17.7 Å². The van der Waals surface area contributed by atoms with Gasteiger partial charge < -0.3 is 15.8 Å². The smallest absolute Gasteiger partial charge is 0.251 e. The van der Waals surface area contributed by atoms with Crippen LogP contribution in [0.1, 0.15) is 27.5 Å². The summed E-state index contributed by atoms with van der Waals surface area (Å²) in [7, 11) is 0. The van der Waals surface area contributed by atoms with Crippen LogP contribution >= 0.6 is 0 Å². The van der Waals surface area contributed by atoms with Gasteiger partial charge in [0.15, 0.2) is 0 Å². The van der Waals surface area contributed by atoms with Gasteiger partial charge in [-0.25, -0.2) is 4.39 Å². The Kier molecular flexibility index (Phi) is 4.56. The zero-order chi connectivity index (χ0) is 17.1. The lowest BCUT2D eigenvalue weighted by Crippen LogP contribution is -2.34. The van der Waals surface area contributed by atoms with Crippen LogP contribution in [0.15, 0.2) is 36.4 Å². The van der Waals surface area contributed by atoms with E-state index in [1.807, 2.05) is 6.07 Å². The highest BCUT2D eigenvalue weighted by molar-refractivity contribution is 5.94. The molecule has 5 nitrogen and oxygen atoms in total. The lowest BCUT2D eigenvalue weighted by molar-refractivity contribution is 0.0769. The second-order valence-electron chi connectivity index (χ2n) is 5.60. The quantitative estimate of drug-likeness (QED) is 0.905. The molecule has 1 heterocycles. The molecule has 1 amide bonds. The number of nitriles is 1. The summed E-state index contributed by atoms with van der Waals surface area (Å²) in [5.74, 6) is -1.49. The number of primary amides is 1. The second-order valence-corrected chi connectivity index (χ2v) is 5.60. The van der Waals surface area contributed by atoms with Crippen LogP contribution in [0.25, 0.3) is 11.1 Å². The van der Waals surface area contributed by atoms with Gasteiger partial charge in [-0.1, -0.05) is 6.07 Å². The maximum Gasteiger partial charge on any atom is 0.251 e. The Morgan fingerprint density at radius 1 is 1.29 bits per heavy atom. The highest BCUT2D eigenvalue weighted by Gasteiger charge is 2.17. The minimum Gasteiger partial charge on any atom is -0.378 e. The van der Waals surface area contributed by atoms with Gasteiger partial charge >= 0.3 is 0 Å². The fourth-order valence-electron chi connectivity index (χ4n) is 2.76. The number of carbonyl (C=O) groups excluding carboxylic acids is 1. The van der Waals surface area contributed by atoms with E-state index in [1.165, 1.54) is 12.1 Å². The van der Waals surface area contributed by atoms with E-state index in [-0.39, 0.29) is 11.6 Å². The monoisotopic (exact) mass is 325 g/mol. The van der Waals surface area contributed by atoms with Crippen LogP contribution in [0.4, 0.5) is 4.39 Å². The zero-order valence-electron chi connectivity index (χ0n) is 12.9. The van der Waals surface area contributed by atoms with Gasteiger partial charge in [-0.15, -0.1) is 0 Å². The average molecular weight is 325 g/mol. The van der Waals surface area contributed by atoms with Gasteiger partial charge in [0.1, 0.15) is 5.82 Å². The minimum atomic E-state index is -0.826. The van der Waals surface area contributed by atoms with Gasteiger partial charge in [-0.3, -0.25) is 4.79 Å². The van der Waals surface area contributed by atoms with Gasteiger partial charge in [0.05, 0.1) is 36.5 Å². The molecule has 1 unspecified atom stereocenters. The number of nitrogens with zero attached hydrogens (tertiary/aromatic N) is 1. The molecule has 24 heavy (non-hydrogen) atoms. The summed E-state index contributed by atoms with van der Waals surface area (Å²) >= 11 is 0. The Balaban J connectivity index is 2.06. The van der Waals surface area contributed by atoms with E-state index in [1.54, 1.807) is 18.2 Å². The molecule has 0 saturated carbocycles. The first-order valence-electron chi connectivity index (χ1n) is 7.54. The number of nitrogens with two attached hydrogens (primary N) is 1. The Morgan fingerprint density at radius 2 is 2.12 bits per heavy atom. The van der Waals surface area contributed by atoms with E-state index < -0.39 is 11.7 Å². The van der Waals surface area contributed by atoms with Gasteiger partial charge in [0, 0.05) is 6.54 Å². The predicted molar refractivity (Wildman–Crippen MR) is 86.6 cm³/mol. The molecule has 1 aliphatic heterocycles. The molecule has 1 fully saturated rings. The van der Waals surface area contributed by atoms with E-state index in [2.05, 4.69) is 11.4 Å². The van der Waals surface area contributed by atoms with Gasteiger partial charge in [0.25, 0.3) is 5.91 Å². The molecular formula is C18H16FN3O2. The second kappa shape index (κ2) is 6.79. The molecule has 122 valence electrons. The number of rotatable bonds is 3. The fourth-order valence-corrected chi connectivity index (χ4v) is 2.76. The Morgan fingerprint density at radius 3 is 2.79 bits per heavy atom. The standard InChI is InChI=1S/C18H16FN3O2/c19-16-2-1-12(8-15(16)18(21)23)13-5-11(9-20)6-14(7-13)17-10-24-4-3-22-17/h1-2,5-8,17,22H,3-4,10H2,(H2,21,23). The molecule has 0 spiro atoms. The SMILES string of the molecule is N#Cc1cc(-c2ccc(F)c(C(N)=O)c2)cc(C2COCCN2)c1. The lowest BCUT2D eigenvalue weighted by atomic mass is 9.95. The zero-order valence-corrected chi connectivity index (χ0v) is 12.9. The molecule has 3 rings (SSSR count). The van der Waals surface area contributed by atoms with E-state index >= 15 is 0 Å². The highest BCUT2D eigenvalue weighted by Crippen LogP contribution is 2.27. The summed E-state index contributed by atoms with van der Waals surface area (Å²) < 4.78 is 19.1. The van der Waals surface area contributed by atoms with Crippen molar-refractivity contribution in [3.63, 3.8) is 0 Å². The first-order valence-corrected chi connectivity index (χ1v) is 7.54. The molecule has 0 radical (unpaired) electrons. The first-order chi connectivity index (χ1) is 11.6. The van der Waals surface area contributed by atoms with Crippen LogP contribution in [0.2, 0.25) is 0 Å². The number of hydrogen-bond acceptors (Lipinski definition) is 4. The van der Waals surface area contributed by atoms with Gasteiger partial charge in [-0.05, 0) is 47.0 Å². The Hall–Kier alpha value is -2.75. The average Bonchev–Trinajstić information content (AvgIpc) is 2.62. The Labute approximate surface area is 138 Å². The Bertz CT molecular complexity index is 823. The summed E-state index contributed by atoms with van der Waals surface area (Å²) in [4.78, 5) is 11.3. The normalized spacial score (nSPS) is 17.2. The van der Waals surface area contributed by atoms with Crippen molar-refractivity contribution in [2.24, 2.45) is 5.73 Å². The molecular weight excluding hydrogens is 309 g/mol. The molecule has 2 aromatic carbocycles. The molecule has 0 aromatic heterocycles. The van der Waals surface area contributed by atoms with Crippen molar-refractivity contribution in [1.82, 2.24) is 5.32 Å². The van der Waals surface area contributed by atoms with Crippen molar-refractivity contribution >= 4 is 5.91 Å². The highest BCUT2D eigenvalue weighted by atomic mass is 19.1. The van der Waals surface area contributed by atoms with Crippen molar-refractivity contribution in [2.45, 2.75) is 6.04 Å². The van der Waals surface area contributed by atoms with Crippen molar-refractivity contribution in [3.8, 4) is 17.2 Å². The van der Waals surface area contributed by atoms with Crippen molar-refractivity contribution in [3.05, 3.63) is 58.9 Å². The largest absolute Gasteiger partial charge is 0.378 e. The lowest BCUT2D eigenvalue weighted by Gasteiger charge is -2.24. The van der Waals surface area contributed by atoms with Crippen LogP contribution in [0.3, 0.4) is 0 Å². The van der Waals surface area contributed by atoms with Gasteiger partial charge in [0.2, 0.25) is 0 Å². The number of hydrogen-bond donors (Lipinski definition) is 2. The number of carbonyl (C=O) groups is 1. The van der Waals surface area contributed by atoms with Crippen LogP contribution in [0, 0.1) is 17.1 Å². The van der Waals surface area contributed by atoms with Gasteiger partial charge in [-0.2, -0.15) is 5.26 Å². The first kappa shape index (κ1) is 16.1. The minimum absolute atomic E-state index is 0.0122. The van der Waals surface area contributed by atoms with Crippen LogP contribution in [-0.4, -0.2) is 25.7 Å². The van der Waals surface area contributed by atoms with E-state index in [9.17, 15) is 14.4 Å². The molecule has 6 heteroatoms. The third-order valence-corrected chi connectivity index (χ3v) is 3.97. The number of ether oxygens (including phenoxy) is 1. The summed E-state index contributed by atoms with van der Waals surface area (Å²) in [6.07, 6.45) is 0. The fraction of sp³-hybridized carbons (Fsp3) is 0.222. The topological polar surface area (TPSA) is 88.1 Å². The molecule has 2 aromatic rings. The van der Waals surface area contributed by atoms with Crippen molar-refractivity contribution in [1.29, 1.82) is 5.26 Å². The summed E-state index contributed by atoms with van der Waals surface area (Å²) in [5.41, 5.74) is 7.78. The van der Waals surface area contributed by atoms with Crippen LogP contribution in [-0.2, 0) is 4.74 Å². The van der Waals surface area contributed by atoms with Crippen LogP contribution < -0.4 is 11.1 Å². The number of benzene rings is 2. The summed E-state index contributed by atoms with van der Waals surface area (Å²) in [6, 6.07) is 11.7. The molecule has 1 atom stereocenters. The molecule has 0 aliphatic carbocycles. The van der Waals surface area contributed by atoms with Crippen molar-refractivity contribution < 1.29 is 13.9 Å². The van der Waals surface area contributed by atoms with Crippen molar-refractivity contribution in [2.75, 3.05) is 19.8 Å². The summed E-state index contributed by atoms with van der Waals surface area (Å²) in [5, 5.41) is 12.6. The molecule has 1 saturated heterocycles. The molecule has 1 aliphatic rings. The maximum atomic E-state index is 13.7. The van der Waals surface area contributed by atoms with Crippen LogP contribution in [0.5, 0.6) is 0 Å². The summed E-state index contributed by atoms with van der Waals surface area (Å²) in [6.45, 7) is 1.91. The molecule has 3 N–H and O–H groups in total. The maximum absolute atomic E-state index is 13.7. The number of morpholine rings is 1. The van der Waals surface area contributed by atoms with E-state index in [4.69, 9.17) is 10.5 Å². The number of halogens is 1. The molecule has 0 bridgehead atoms.